The Morgan fingerprint density at radius 3 is 2.47 bits per heavy atom. The van der Waals surface area contributed by atoms with Gasteiger partial charge in [-0.3, -0.25) is 0 Å². The smallest absolute Gasteiger partial charge is 0.106 e. The lowest BCUT2D eigenvalue weighted by Crippen LogP contribution is -2.32. The molecule has 1 rings (SSSR count). The molecule has 0 unspecified atom stereocenters. The van der Waals surface area contributed by atoms with Crippen molar-refractivity contribution >= 4 is 38.8 Å². The number of anilines is 1. The van der Waals surface area contributed by atoms with Crippen LogP contribution in [0.4, 0.5) is 5.69 Å². The van der Waals surface area contributed by atoms with Crippen LogP contribution in [0.1, 0.15) is 32.3 Å². The standard InChI is InChI=1S/C13H19BrN2S/c1-4-10(5-2)16(3)12-8-9(14)6-7-11(12)13(15)17/h6-8,10H,4-5H2,1-3H3,(H2,15,17). The number of rotatable bonds is 5. The van der Waals surface area contributed by atoms with Crippen molar-refractivity contribution in [2.24, 2.45) is 5.73 Å². The Bertz CT molecular complexity index is 402. The molecular formula is C13H19BrN2S. The molecule has 2 nitrogen and oxygen atoms in total. The van der Waals surface area contributed by atoms with Gasteiger partial charge in [0.2, 0.25) is 0 Å². The van der Waals surface area contributed by atoms with E-state index >= 15 is 0 Å². The predicted octanol–water partition coefficient (Wildman–Crippen LogP) is 3.71. The van der Waals surface area contributed by atoms with Crippen LogP contribution in [-0.2, 0) is 0 Å². The Balaban J connectivity index is 3.18. The monoisotopic (exact) mass is 314 g/mol. The molecule has 0 saturated carbocycles. The molecular weight excluding hydrogens is 296 g/mol. The maximum Gasteiger partial charge on any atom is 0.106 e. The van der Waals surface area contributed by atoms with Gasteiger partial charge in [-0.2, -0.15) is 0 Å². The molecule has 0 heterocycles. The Labute approximate surface area is 117 Å². The third kappa shape index (κ3) is 3.42. The summed E-state index contributed by atoms with van der Waals surface area (Å²) in [6.07, 6.45) is 2.21. The maximum atomic E-state index is 5.77. The number of nitrogens with two attached hydrogens (primary N) is 1. The highest BCUT2D eigenvalue weighted by Crippen LogP contribution is 2.27. The summed E-state index contributed by atoms with van der Waals surface area (Å²) in [4.78, 5) is 2.71. The molecule has 0 spiro atoms. The van der Waals surface area contributed by atoms with Crippen LogP contribution in [-0.4, -0.2) is 18.1 Å². The molecule has 0 aliphatic carbocycles. The number of halogens is 1. The fraction of sp³-hybridized carbons (Fsp3) is 0.462. The first-order valence-electron chi connectivity index (χ1n) is 5.83. The average Bonchev–Trinajstić information content (AvgIpc) is 2.29. The lowest BCUT2D eigenvalue weighted by atomic mass is 10.1. The van der Waals surface area contributed by atoms with E-state index in [0.717, 1.165) is 28.6 Å². The van der Waals surface area contributed by atoms with Gasteiger partial charge in [-0.1, -0.05) is 42.0 Å². The van der Waals surface area contributed by atoms with Gasteiger partial charge in [0.25, 0.3) is 0 Å². The van der Waals surface area contributed by atoms with E-state index in [0.29, 0.717) is 11.0 Å². The van der Waals surface area contributed by atoms with Crippen molar-refractivity contribution in [2.75, 3.05) is 11.9 Å². The van der Waals surface area contributed by atoms with E-state index in [1.165, 1.54) is 0 Å². The summed E-state index contributed by atoms with van der Waals surface area (Å²) in [6, 6.07) is 6.53. The number of hydrogen-bond acceptors (Lipinski definition) is 2. The highest BCUT2D eigenvalue weighted by atomic mass is 79.9. The topological polar surface area (TPSA) is 29.3 Å². The van der Waals surface area contributed by atoms with Gasteiger partial charge in [0, 0.05) is 28.8 Å². The number of hydrogen-bond donors (Lipinski definition) is 1. The van der Waals surface area contributed by atoms with Gasteiger partial charge in [-0.05, 0) is 31.0 Å². The molecule has 1 aromatic rings. The van der Waals surface area contributed by atoms with E-state index in [2.05, 4.69) is 47.8 Å². The molecule has 0 fully saturated rings. The molecule has 0 aliphatic heterocycles. The second-order valence-electron chi connectivity index (χ2n) is 4.11. The molecule has 17 heavy (non-hydrogen) atoms. The second-order valence-corrected chi connectivity index (χ2v) is 5.46. The van der Waals surface area contributed by atoms with Gasteiger partial charge in [0.15, 0.2) is 0 Å². The molecule has 0 atom stereocenters. The van der Waals surface area contributed by atoms with Crippen LogP contribution >= 0.6 is 28.1 Å². The molecule has 0 amide bonds. The van der Waals surface area contributed by atoms with Crippen molar-refractivity contribution in [3.63, 3.8) is 0 Å². The quantitative estimate of drug-likeness (QED) is 0.840. The first-order valence-corrected chi connectivity index (χ1v) is 7.03. The zero-order valence-electron chi connectivity index (χ0n) is 10.5. The molecule has 0 aromatic heterocycles. The first kappa shape index (κ1) is 14.5. The van der Waals surface area contributed by atoms with Crippen LogP contribution in [0.5, 0.6) is 0 Å². The fourth-order valence-electron chi connectivity index (χ4n) is 2.04. The van der Waals surface area contributed by atoms with Gasteiger partial charge in [0.1, 0.15) is 4.99 Å². The van der Waals surface area contributed by atoms with Crippen molar-refractivity contribution in [2.45, 2.75) is 32.7 Å². The number of nitrogens with zero attached hydrogens (tertiary/aromatic N) is 1. The Morgan fingerprint density at radius 2 is 2.00 bits per heavy atom. The van der Waals surface area contributed by atoms with Crippen molar-refractivity contribution < 1.29 is 0 Å². The number of benzene rings is 1. The fourth-order valence-corrected chi connectivity index (χ4v) is 2.56. The van der Waals surface area contributed by atoms with Gasteiger partial charge in [-0.25, -0.2) is 0 Å². The minimum atomic E-state index is 0.449. The predicted molar refractivity (Wildman–Crippen MR) is 82.8 cm³/mol. The third-order valence-corrected chi connectivity index (χ3v) is 3.81. The van der Waals surface area contributed by atoms with Crippen LogP contribution in [0.15, 0.2) is 22.7 Å². The molecule has 0 bridgehead atoms. The zero-order chi connectivity index (χ0) is 13.0. The lowest BCUT2D eigenvalue weighted by molar-refractivity contribution is 0.591. The minimum Gasteiger partial charge on any atom is -0.389 e. The summed E-state index contributed by atoms with van der Waals surface area (Å²) >= 11 is 8.60. The van der Waals surface area contributed by atoms with E-state index < -0.39 is 0 Å². The average molecular weight is 315 g/mol. The van der Waals surface area contributed by atoms with Crippen molar-refractivity contribution in [3.05, 3.63) is 28.2 Å². The second kappa shape index (κ2) is 6.36. The summed E-state index contributed by atoms with van der Waals surface area (Å²) in [5.74, 6) is 0. The van der Waals surface area contributed by atoms with Gasteiger partial charge < -0.3 is 10.6 Å². The van der Waals surface area contributed by atoms with E-state index in [4.69, 9.17) is 18.0 Å². The van der Waals surface area contributed by atoms with Crippen LogP contribution < -0.4 is 10.6 Å². The zero-order valence-corrected chi connectivity index (χ0v) is 12.9. The minimum absolute atomic E-state index is 0.449. The molecule has 4 heteroatoms. The van der Waals surface area contributed by atoms with E-state index in [1.54, 1.807) is 0 Å². The molecule has 1 aromatic carbocycles. The van der Waals surface area contributed by atoms with Crippen LogP contribution in [0.2, 0.25) is 0 Å². The maximum absolute atomic E-state index is 5.77. The molecule has 0 radical (unpaired) electrons. The SMILES string of the molecule is CCC(CC)N(C)c1cc(Br)ccc1C(N)=S. The summed E-state index contributed by atoms with van der Waals surface area (Å²) in [5, 5.41) is 0. The Kier molecular flexibility index (Phi) is 5.40. The third-order valence-electron chi connectivity index (χ3n) is 3.10. The van der Waals surface area contributed by atoms with Gasteiger partial charge in [-0.15, -0.1) is 0 Å². The molecule has 94 valence electrons. The van der Waals surface area contributed by atoms with Crippen molar-refractivity contribution in [3.8, 4) is 0 Å². The molecule has 2 N–H and O–H groups in total. The highest BCUT2D eigenvalue weighted by molar-refractivity contribution is 9.10. The Morgan fingerprint density at radius 1 is 1.41 bits per heavy atom. The molecule has 0 aliphatic rings. The number of thiocarbonyl (C=S) groups is 1. The summed E-state index contributed by atoms with van der Waals surface area (Å²) in [6.45, 7) is 4.40. The van der Waals surface area contributed by atoms with Crippen LogP contribution in [0.3, 0.4) is 0 Å². The van der Waals surface area contributed by atoms with Crippen molar-refractivity contribution in [1.82, 2.24) is 0 Å². The lowest BCUT2D eigenvalue weighted by Gasteiger charge is -2.30. The Hall–Kier alpha value is -0.610. The van der Waals surface area contributed by atoms with E-state index in [1.807, 2.05) is 12.1 Å². The molecule has 0 saturated heterocycles. The van der Waals surface area contributed by atoms with Crippen LogP contribution in [0, 0.1) is 0 Å². The van der Waals surface area contributed by atoms with Gasteiger partial charge >= 0.3 is 0 Å². The van der Waals surface area contributed by atoms with Crippen molar-refractivity contribution in [1.29, 1.82) is 0 Å². The summed E-state index contributed by atoms with van der Waals surface area (Å²) < 4.78 is 1.05. The highest BCUT2D eigenvalue weighted by Gasteiger charge is 2.16. The van der Waals surface area contributed by atoms with Crippen LogP contribution in [0.25, 0.3) is 0 Å². The van der Waals surface area contributed by atoms with Gasteiger partial charge in [0.05, 0.1) is 0 Å². The first-order chi connectivity index (χ1) is 8.01. The summed E-state index contributed by atoms with van der Waals surface area (Å²) in [7, 11) is 2.10. The summed E-state index contributed by atoms with van der Waals surface area (Å²) in [5.41, 5.74) is 7.81. The normalized spacial score (nSPS) is 10.6. The van der Waals surface area contributed by atoms with E-state index in [9.17, 15) is 0 Å². The van der Waals surface area contributed by atoms with E-state index in [-0.39, 0.29) is 0 Å². The largest absolute Gasteiger partial charge is 0.389 e.